The molecule has 0 spiro atoms. The van der Waals surface area contributed by atoms with Crippen LogP contribution >= 0.6 is 0 Å². The summed E-state index contributed by atoms with van der Waals surface area (Å²) >= 11 is 0. The van der Waals surface area contributed by atoms with Crippen LogP contribution in [0.15, 0.2) is 30.3 Å². The van der Waals surface area contributed by atoms with E-state index in [-0.39, 0.29) is 24.2 Å². The lowest BCUT2D eigenvalue weighted by Crippen LogP contribution is -2.45. The van der Waals surface area contributed by atoms with Crippen LogP contribution in [0.2, 0.25) is 0 Å². The Morgan fingerprint density at radius 1 is 1.29 bits per heavy atom. The van der Waals surface area contributed by atoms with E-state index in [1.165, 1.54) is 0 Å². The highest BCUT2D eigenvalue weighted by molar-refractivity contribution is 5.97. The predicted octanol–water partition coefficient (Wildman–Crippen LogP) is 2.24. The number of nitrogens with two attached hydrogens (primary N) is 1. The van der Waals surface area contributed by atoms with Crippen LogP contribution in [0.4, 0.5) is 0 Å². The molecule has 1 aliphatic rings. The van der Waals surface area contributed by atoms with Crippen molar-refractivity contribution in [3.63, 3.8) is 0 Å². The zero-order chi connectivity index (χ0) is 15.2. The van der Waals surface area contributed by atoms with Crippen LogP contribution in [0.25, 0.3) is 0 Å². The minimum Gasteiger partial charge on any atom is -0.342 e. The maximum atomic E-state index is 12.2. The second kappa shape index (κ2) is 7.36. The average molecular weight is 288 g/mol. The standard InChI is InChI=1S/C17H24N2O2/c1-13(18)15-8-5-11-19(12-15)17(21)10-9-16(20)14-6-3-2-4-7-14/h2-4,6-7,13,15H,5,8-12,18H2,1H3. The van der Waals surface area contributed by atoms with Crippen molar-refractivity contribution in [3.8, 4) is 0 Å². The molecule has 4 heteroatoms. The van der Waals surface area contributed by atoms with Gasteiger partial charge in [0.2, 0.25) is 5.91 Å². The smallest absolute Gasteiger partial charge is 0.223 e. The highest BCUT2D eigenvalue weighted by atomic mass is 16.2. The molecule has 1 aromatic carbocycles. The van der Waals surface area contributed by atoms with Gasteiger partial charge in [-0.2, -0.15) is 0 Å². The molecular weight excluding hydrogens is 264 g/mol. The maximum Gasteiger partial charge on any atom is 0.223 e. The van der Waals surface area contributed by atoms with E-state index in [9.17, 15) is 9.59 Å². The van der Waals surface area contributed by atoms with Gasteiger partial charge in [-0.1, -0.05) is 30.3 Å². The second-order valence-corrected chi connectivity index (χ2v) is 5.89. The Labute approximate surface area is 126 Å². The van der Waals surface area contributed by atoms with Crippen molar-refractivity contribution in [1.82, 2.24) is 4.90 Å². The van der Waals surface area contributed by atoms with E-state index in [0.717, 1.165) is 25.9 Å². The molecule has 0 aromatic heterocycles. The van der Waals surface area contributed by atoms with E-state index >= 15 is 0 Å². The molecule has 1 fully saturated rings. The van der Waals surface area contributed by atoms with Crippen molar-refractivity contribution in [3.05, 3.63) is 35.9 Å². The van der Waals surface area contributed by atoms with Gasteiger partial charge in [0, 0.05) is 37.5 Å². The first-order valence-corrected chi connectivity index (χ1v) is 7.69. The van der Waals surface area contributed by atoms with Crippen LogP contribution in [0.1, 0.15) is 43.0 Å². The number of carbonyl (C=O) groups is 2. The van der Waals surface area contributed by atoms with E-state index < -0.39 is 0 Å². The Bertz CT molecular complexity index is 485. The van der Waals surface area contributed by atoms with E-state index in [1.54, 1.807) is 12.1 Å². The Kier molecular flexibility index (Phi) is 5.51. The topological polar surface area (TPSA) is 63.4 Å². The van der Waals surface area contributed by atoms with Gasteiger partial charge in [-0.05, 0) is 25.7 Å². The molecule has 4 nitrogen and oxygen atoms in total. The number of ketones is 1. The van der Waals surface area contributed by atoms with Crippen LogP contribution in [0.5, 0.6) is 0 Å². The summed E-state index contributed by atoms with van der Waals surface area (Å²) in [6.45, 7) is 3.52. The number of Topliss-reactive ketones (excluding diaryl/α,β-unsaturated/α-hetero) is 1. The van der Waals surface area contributed by atoms with Gasteiger partial charge >= 0.3 is 0 Å². The lowest BCUT2D eigenvalue weighted by Gasteiger charge is -2.34. The Morgan fingerprint density at radius 2 is 2.00 bits per heavy atom. The van der Waals surface area contributed by atoms with Gasteiger partial charge in [0.25, 0.3) is 0 Å². The van der Waals surface area contributed by atoms with E-state index in [1.807, 2.05) is 30.0 Å². The fraction of sp³-hybridized carbons (Fsp3) is 0.529. The molecule has 2 unspecified atom stereocenters. The second-order valence-electron chi connectivity index (χ2n) is 5.89. The number of hydrogen-bond acceptors (Lipinski definition) is 3. The molecule has 21 heavy (non-hydrogen) atoms. The summed E-state index contributed by atoms with van der Waals surface area (Å²) < 4.78 is 0. The summed E-state index contributed by atoms with van der Waals surface area (Å²) in [7, 11) is 0. The fourth-order valence-corrected chi connectivity index (χ4v) is 2.81. The average Bonchev–Trinajstić information content (AvgIpc) is 2.53. The Morgan fingerprint density at radius 3 is 2.67 bits per heavy atom. The van der Waals surface area contributed by atoms with E-state index in [0.29, 0.717) is 17.9 Å². The van der Waals surface area contributed by atoms with Gasteiger partial charge in [0.1, 0.15) is 0 Å². The minimum absolute atomic E-state index is 0.0321. The summed E-state index contributed by atoms with van der Waals surface area (Å²) in [5.41, 5.74) is 6.61. The van der Waals surface area contributed by atoms with Gasteiger partial charge in [-0.15, -0.1) is 0 Å². The largest absolute Gasteiger partial charge is 0.342 e. The zero-order valence-corrected chi connectivity index (χ0v) is 12.6. The van der Waals surface area contributed by atoms with Gasteiger partial charge in [0.15, 0.2) is 5.78 Å². The summed E-state index contributed by atoms with van der Waals surface area (Å²) in [4.78, 5) is 26.1. The SMILES string of the molecule is CC(N)C1CCCN(C(=O)CCC(=O)c2ccccc2)C1. The van der Waals surface area contributed by atoms with Crippen molar-refractivity contribution in [2.45, 2.75) is 38.6 Å². The number of hydrogen-bond donors (Lipinski definition) is 1. The van der Waals surface area contributed by atoms with Crippen LogP contribution in [0, 0.1) is 5.92 Å². The number of piperidine rings is 1. The third-order valence-electron chi connectivity index (χ3n) is 4.22. The number of amides is 1. The summed E-state index contributed by atoms with van der Waals surface area (Å²) in [6.07, 6.45) is 2.66. The summed E-state index contributed by atoms with van der Waals surface area (Å²) in [5.74, 6) is 0.488. The molecule has 1 aromatic rings. The first-order chi connectivity index (χ1) is 10.1. The molecule has 114 valence electrons. The van der Waals surface area contributed by atoms with E-state index in [4.69, 9.17) is 5.73 Å². The maximum absolute atomic E-state index is 12.2. The molecule has 2 atom stereocenters. The monoisotopic (exact) mass is 288 g/mol. The molecule has 1 amide bonds. The number of likely N-dealkylation sites (tertiary alicyclic amines) is 1. The predicted molar refractivity (Wildman–Crippen MR) is 83.0 cm³/mol. The van der Waals surface area contributed by atoms with Gasteiger partial charge in [-0.25, -0.2) is 0 Å². The lowest BCUT2D eigenvalue weighted by molar-refractivity contribution is -0.133. The Balaban J connectivity index is 1.83. The fourth-order valence-electron chi connectivity index (χ4n) is 2.81. The molecule has 2 rings (SSSR count). The molecule has 0 bridgehead atoms. The first kappa shape index (κ1) is 15.7. The lowest BCUT2D eigenvalue weighted by atomic mass is 9.92. The van der Waals surface area contributed by atoms with E-state index in [2.05, 4.69) is 0 Å². The van der Waals surface area contributed by atoms with Crippen molar-refractivity contribution in [1.29, 1.82) is 0 Å². The highest BCUT2D eigenvalue weighted by Gasteiger charge is 2.25. The first-order valence-electron chi connectivity index (χ1n) is 7.69. The molecule has 1 saturated heterocycles. The molecular formula is C17H24N2O2. The highest BCUT2D eigenvalue weighted by Crippen LogP contribution is 2.19. The van der Waals surface area contributed by atoms with Crippen molar-refractivity contribution < 1.29 is 9.59 Å². The molecule has 0 radical (unpaired) electrons. The molecule has 1 aliphatic heterocycles. The number of carbonyl (C=O) groups excluding carboxylic acids is 2. The molecule has 2 N–H and O–H groups in total. The normalized spacial score (nSPS) is 20.1. The van der Waals surface area contributed by atoms with Gasteiger partial charge < -0.3 is 10.6 Å². The van der Waals surface area contributed by atoms with Crippen LogP contribution < -0.4 is 5.73 Å². The zero-order valence-electron chi connectivity index (χ0n) is 12.6. The van der Waals surface area contributed by atoms with Crippen molar-refractivity contribution >= 4 is 11.7 Å². The molecule has 0 aliphatic carbocycles. The molecule has 1 heterocycles. The number of nitrogens with zero attached hydrogens (tertiary/aromatic N) is 1. The van der Waals surface area contributed by atoms with Gasteiger partial charge in [0.05, 0.1) is 0 Å². The van der Waals surface area contributed by atoms with Crippen molar-refractivity contribution in [2.75, 3.05) is 13.1 Å². The number of benzene rings is 1. The number of rotatable bonds is 5. The third-order valence-corrected chi connectivity index (χ3v) is 4.22. The third kappa shape index (κ3) is 4.39. The van der Waals surface area contributed by atoms with Crippen LogP contribution in [0.3, 0.4) is 0 Å². The summed E-state index contributed by atoms with van der Waals surface area (Å²) in [5, 5.41) is 0. The minimum atomic E-state index is 0.0321. The van der Waals surface area contributed by atoms with Crippen LogP contribution in [-0.4, -0.2) is 35.7 Å². The summed E-state index contributed by atoms with van der Waals surface area (Å²) in [6, 6.07) is 9.26. The molecule has 0 saturated carbocycles. The quantitative estimate of drug-likeness (QED) is 0.845. The van der Waals surface area contributed by atoms with Gasteiger partial charge in [-0.3, -0.25) is 9.59 Å². The van der Waals surface area contributed by atoms with Crippen molar-refractivity contribution in [2.24, 2.45) is 11.7 Å². The van der Waals surface area contributed by atoms with Crippen LogP contribution in [-0.2, 0) is 4.79 Å². The Hall–Kier alpha value is -1.68.